The number of carbonyl (C=O) groups is 1. The van der Waals surface area contributed by atoms with Crippen LogP contribution in [0.2, 0.25) is 0 Å². The summed E-state index contributed by atoms with van der Waals surface area (Å²) in [6.45, 7) is 5.69. The number of amides is 1. The lowest BCUT2D eigenvalue weighted by Crippen LogP contribution is -2.39. The summed E-state index contributed by atoms with van der Waals surface area (Å²) in [5, 5.41) is 2.13. The number of nitrogens with zero attached hydrogens (tertiary/aromatic N) is 1. The quantitative estimate of drug-likeness (QED) is 0.910. The normalized spacial score (nSPS) is 20.6. The summed E-state index contributed by atoms with van der Waals surface area (Å²) < 4.78 is 0. The molecule has 2 N–H and O–H groups in total. The van der Waals surface area contributed by atoms with E-state index in [4.69, 9.17) is 5.73 Å². The molecule has 100 valence electrons. The maximum Gasteiger partial charge on any atom is 0.223 e. The lowest BCUT2D eigenvalue weighted by Gasteiger charge is -2.34. The third-order valence-electron chi connectivity index (χ3n) is 3.97. The van der Waals surface area contributed by atoms with Crippen LogP contribution in [0.25, 0.3) is 0 Å². The zero-order valence-electron chi connectivity index (χ0n) is 11.2. The number of hydrogen-bond acceptors (Lipinski definition) is 3. The molecule has 0 aromatic carbocycles. The van der Waals surface area contributed by atoms with E-state index in [2.05, 4.69) is 25.3 Å². The molecule has 3 nitrogen and oxygen atoms in total. The van der Waals surface area contributed by atoms with Crippen LogP contribution in [0.15, 0.2) is 11.4 Å². The molecule has 18 heavy (non-hydrogen) atoms. The van der Waals surface area contributed by atoms with Gasteiger partial charge in [0, 0.05) is 17.8 Å². The summed E-state index contributed by atoms with van der Waals surface area (Å²) in [5.74, 6) is 0.588. The van der Waals surface area contributed by atoms with Gasteiger partial charge in [0.05, 0.1) is 6.04 Å². The number of nitrogens with two attached hydrogens (primary N) is 1. The van der Waals surface area contributed by atoms with Gasteiger partial charge in [0.25, 0.3) is 0 Å². The summed E-state index contributed by atoms with van der Waals surface area (Å²) in [4.78, 5) is 15.8. The van der Waals surface area contributed by atoms with Crippen molar-refractivity contribution in [3.05, 3.63) is 21.9 Å². The molecule has 2 rings (SSSR count). The van der Waals surface area contributed by atoms with Crippen molar-refractivity contribution < 1.29 is 4.79 Å². The number of hydrogen-bond donors (Lipinski definition) is 1. The Labute approximate surface area is 113 Å². The lowest BCUT2D eigenvalue weighted by atomic mass is 9.97. The Morgan fingerprint density at radius 3 is 3.11 bits per heavy atom. The highest BCUT2D eigenvalue weighted by Crippen LogP contribution is 2.33. The monoisotopic (exact) mass is 266 g/mol. The van der Waals surface area contributed by atoms with E-state index in [1.165, 1.54) is 10.4 Å². The highest BCUT2D eigenvalue weighted by Gasteiger charge is 2.28. The summed E-state index contributed by atoms with van der Waals surface area (Å²) in [6.07, 6.45) is 2.58. The van der Waals surface area contributed by atoms with Gasteiger partial charge in [0.1, 0.15) is 0 Å². The van der Waals surface area contributed by atoms with Crippen LogP contribution in [-0.2, 0) is 11.2 Å². The Hall–Kier alpha value is -0.870. The van der Waals surface area contributed by atoms with Gasteiger partial charge in [-0.2, -0.15) is 0 Å². The first-order chi connectivity index (χ1) is 8.67. The van der Waals surface area contributed by atoms with Gasteiger partial charge >= 0.3 is 0 Å². The molecule has 0 radical (unpaired) electrons. The smallest absolute Gasteiger partial charge is 0.223 e. The van der Waals surface area contributed by atoms with E-state index in [0.29, 0.717) is 18.9 Å². The van der Waals surface area contributed by atoms with Crippen molar-refractivity contribution in [2.24, 2.45) is 11.7 Å². The van der Waals surface area contributed by atoms with E-state index < -0.39 is 0 Å². The molecule has 0 saturated heterocycles. The van der Waals surface area contributed by atoms with E-state index in [0.717, 1.165) is 19.4 Å². The van der Waals surface area contributed by atoms with Crippen LogP contribution in [0.1, 0.15) is 43.2 Å². The van der Waals surface area contributed by atoms with Crippen molar-refractivity contribution in [2.45, 2.75) is 39.2 Å². The summed E-state index contributed by atoms with van der Waals surface area (Å²) in [7, 11) is 0. The Morgan fingerprint density at radius 2 is 2.44 bits per heavy atom. The van der Waals surface area contributed by atoms with Crippen molar-refractivity contribution in [1.82, 2.24) is 4.90 Å². The van der Waals surface area contributed by atoms with E-state index in [1.807, 2.05) is 16.2 Å². The second-order valence-electron chi connectivity index (χ2n) is 5.03. The fourth-order valence-corrected chi connectivity index (χ4v) is 3.57. The zero-order chi connectivity index (χ0) is 13.1. The van der Waals surface area contributed by atoms with E-state index in [9.17, 15) is 4.79 Å². The number of fused-ring (bicyclic) bond motifs is 1. The highest BCUT2D eigenvalue weighted by molar-refractivity contribution is 7.10. The summed E-state index contributed by atoms with van der Waals surface area (Å²) in [6, 6.07) is 2.38. The van der Waals surface area contributed by atoms with Crippen molar-refractivity contribution in [3.8, 4) is 0 Å². The first kappa shape index (κ1) is 13.6. The van der Waals surface area contributed by atoms with Gasteiger partial charge in [-0.25, -0.2) is 0 Å². The molecule has 0 fully saturated rings. The van der Waals surface area contributed by atoms with Crippen molar-refractivity contribution in [1.29, 1.82) is 0 Å². The number of rotatable bonds is 4. The van der Waals surface area contributed by atoms with Gasteiger partial charge in [-0.3, -0.25) is 4.79 Å². The van der Waals surface area contributed by atoms with Gasteiger partial charge in [-0.05, 0) is 42.8 Å². The lowest BCUT2D eigenvalue weighted by molar-refractivity contribution is -0.134. The minimum Gasteiger partial charge on any atom is -0.336 e. The largest absolute Gasteiger partial charge is 0.336 e. The molecule has 1 aliphatic heterocycles. The Kier molecular flexibility index (Phi) is 4.40. The van der Waals surface area contributed by atoms with Crippen LogP contribution in [0, 0.1) is 5.92 Å². The van der Waals surface area contributed by atoms with Crippen LogP contribution >= 0.6 is 11.3 Å². The molecule has 1 aliphatic rings. The Morgan fingerprint density at radius 1 is 1.67 bits per heavy atom. The molecule has 2 atom stereocenters. The van der Waals surface area contributed by atoms with Gasteiger partial charge in [0.2, 0.25) is 5.91 Å². The predicted molar refractivity (Wildman–Crippen MR) is 75.6 cm³/mol. The zero-order valence-corrected chi connectivity index (χ0v) is 12.0. The fraction of sp³-hybridized carbons (Fsp3) is 0.643. The van der Waals surface area contributed by atoms with E-state index in [1.54, 1.807) is 0 Å². The molecule has 2 heterocycles. The van der Waals surface area contributed by atoms with Crippen LogP contribution in [-0.4, -0.2) is 23.9 Å². The predicted octanol–water partition coefficient (Wildman–Crippen LogP) is 2.57. The van der Waals surface area contributed by atoms with Crippen molar-refractivity contribution in [3.63, 3.8) is 0 Å². The van der Waals surface area contributed by atoms with Crippen LogP contribution in [0.5, 0.6) is 0 Å². The molecule has 0 bridgehead atoms. The van der Waals surface area contributed by atoms with Crippen LogP contribution in [0.3, 0.4) is 0 Å². The van der Waals surface area contributed by atoms with Gasteiger partial charge in [0.15, 0.2) is 0 Å². The van der Waals surface area contributed by atoms with Crippen LogP contribution in [0.4, 0.5) is 0 Å². The second-order valence-corrected chi connectivity index (χ2v) is 6.03. The van der Waals surface area contributed by atoms with Crippen molar-refractivity contribution >= 4 is 17.2 Å². The van der Waals surface area contributed by atoms with Crippen molar-refractivity contribution in [2.75, 3.05) is 13.1 Å². The average Bonchev–Trinajstić information content (AvgIpc) is 2.85. The molecular weight excluding hydrogens is 244 g/mol. The maximum absolute atomic E-state index is 12.3. The van der Waals surface area contributed by atoms with E-state index >= 15 is 0 Å². The average molecular weight is 266 g/mol. The van der Waals surface area contributed by atoms with Gasteiger partial charge in [-0.15, -0.1) is 11.3 Å². The number of carbonyl (C=O) groups excluding carboxylic acids is 1. The van der Waals surface area contributed by atoms with E-state index in [-0.39, 0.29) is 11.9 Å². The third kappa shape index (κ3) is 2.59. The minimum atomic E-state index is 0.225. The molecule has 1 aromatic rings. The first-order valence-corrected chi connectivity index (χ1v) is 7.61. The summed E-state index contributed by atoms with van der Waals surface area (Å²) in [5.41, 5.74) is 7.02. The Bertz CT molecular complexity index is 412. The van der Waals surface area contributed by atoms with Gasteiger partial charge in [-0.1, -0.05) is 13.3 Å². The topological polar surface area (TPSA) is 46.3 Å². The molecule has 0 spiro atoms. The molecule has 1 amide bonds. The SMILES string of the molecule is CCC(CN)CC(=O)N1CCc2sccc2C1C. The summed E-state index contributed by atoms with van der Waals surface area (Å²) >= 11 is 1.81. The molecule has 0 aliphatic carbocycles. The molecule has 1 aromatic heterocycles. The minimum absolute atomic E-state index is 0.225. The fourth-order valence-electron chi connectivity index (χ4n) is 2.61. The van der Waals surface area contributed by atoms with Gasteiger partial charge < -0.3 is 10.6 Å². The molecule has 4 heteroatoms. The Balaban J connectivity index is 2.04. The van der Waals surface area contributed by atoms with Crippen LogP contribution < -0.4 is 5.73 Å². The molecular formula is C14H22N2OS. The second kappa shape index (κ2) is 5.85. The third-order valence-corrected chi connectivity index (χ3v) is 4.97. The molecule has 0 saturated carbocycles. The standard InChI is InChI=1S/C14H22N2OS/c1-3-11(9-15)8-14(17)16-6-4-13-12(10(16)2)5-7-18-13/h5,7,10-11H,3-4,6,8-9,15H2,1-2H3. The highest BCUT2D eigenvalue weighted by atomic mass is 32.1. The number of thiophene rings is 1. The maximum atomic E-state index is 12.3. The first-order valence-electron chi connectivity index (χ1n) is 6.73. The molecule has 2 unspecified atom stereocenters.